The first kappa shape index (κ1) is 24.8. The summed E-state index contributed by atoms with van der Waals surface area (Å²) in [7, 11) is 0. The first-order valence-electron chi connectivity index (χ1n) is 12.8. The van der Waals surface area contributed by atoms with Crippen molar-refractivity contribution in [1.82, 2.24) is 0 Å². The van der Waals surface area contributed by atoms with Gasteiger partial charge in [-0.1, -0.05) is 92.0 Å². The van der Waals surface area contributed by atoms with Crippen LogP contribution in [0.5, 0.6) is 0 Å². The highest BCUT2D eigenvalue weighted by Crippen LogP contribution is 2.55. The Morgan fingerprint density at radius 3 is 1.90 bits per heavy atom. The van der Waals surface area contributed by atoms with Crippen LogP contribution in [0, 0.1) is 11.6 Å². The van der Waals surface area contributed by atoms with Crippen molar-refractivity contribution in [3.8, 4) is 0 Å². The summed E-state index contributed by atoms with van der Waals surface area (Å²) in [6, 6.07) is 32.6. The molecule has 0 radical (unpaired) electrons. The van der Waals surface area contributed by atoms with Crippen LogP contribution in [-0.2, 0) is 17.2 Å². The molecule has 5 aromatic carbocycles. The number of hydrogen-bond acceptors (Lipinski definition) is 3. The van der Waals surface area contributed by atoms with Gasteiger partial charge in [-0.15, -0.1) is 0 Å². The second-order valence-corrected chi connectivity index (χ2v) is 15.9. The SMILES string of the molecule is CC1(C)c2ccccc2N(c2ccc3c(c2)Sc2ccccc2P3(=S)c2cc(F)cc(F)c2)c2ccccc21. The summed E-state index contributed by atoms with van der Waals surface area (Å²) in [5.41, 5.74) is 5.71. The van der Waals surface area contributed by atoms with Gasteiger partial charge in [0.2, 0.25) is 0 Å². The summed E-state index contributed by atoms with van der Waals surface area (Å²) in [4.78, 5) is 4.39. The van der Waals surface area contributed by atoms with Gasteiger partial charge in [-0.25, -0.2) is 8.78 Å². The number of halogens is 2. The molecule has 2 aliphatic rings. The summed E-state index contributed by atoms with van der Waals surface area (Å²) in [6.07, 6.45) is 0. The maximum Gasteiger partial charge on any atom is 0.126 e. The molecule has 0 saturated carbocycles. The molecule has 0 amide bonds. The number of fused-ring (bicyclic) bond motifs is 4. The lowest BCUT2D eigenvalue weighted by atomic mass is 9.73. The van der Waals surface area contributed by atoms with E-state index in [9.17, 15) is 8.78 Å². The van der Waals surface area contributed by atoms with Crippen molar-refractivity contribution in [2.75, 3.05) is 4.90 Å². The lowest BCUT2D eigenvalue weighted by molar-refractivity contribution is 0.585. The summed E-state index contributed by atoms with van der Waals surface area (Å²) in [5.74, 6) is -1.21. The maximum absolute atomic E-state index is 14.5. The lowest BCUT2D eigenvalue weighted by Crippen LogP contribution is -2.32. The van der Waals surface area contributed by atoms with Crippen LogP contribution in [0.15, 0.2) is 119 Å². The minimum absolute atomic E-state index is 0.145. The summed E-state index contributed by atoms with van der Waals surface area (Å²) < 4.78 is 29.0. The molecule has 5 aromatic rings. The molecule has 0 bridgehead atoms. The first-order valence-corrected chi connectivity index (χ1v) is 16.4. The largest absolute Gasteiger partial charge is 0.310 e. The fourth-order valence-corrected chi connectivity index (χ4v) is 12.4. The third-order valence-corrected chi connectivity index (χ3v) is 14.2. The molecule has 0 aliphatic carbocycles. The van der Waals surface area contributed by atoms with E-state index in [1.165, 1.54) is 23.3 Å². The molecule has 1 unspecified atom stereocenters. The van der Waals surface area contributed by atoms with E-state index in [2.05, 4.69) is 91.5 Å². The van der Waals surface area contributed by atoms with Gasteiger partial charge in [-0.2, -0.15) is 0 Å². The van der Waals surface area contributed by atoms with Gasteiger partial charge in [0.05, 0.1) is 11.4 Å². The third-order valence-electron chi connectivity index (χ3n) is 7.81. The number of rotatable bonds is 2. The van der Waals surface area contributed by atoms with Gasteiger partial charge < -0.3 is 4.90 Å². The van der Waals surface area contributed by atoms with Crippen LogP contribution < -0.4 is 20.8 Å². The van der Waals surface area contributed by atoms with Crippen molar-refractivity contribution in [3.63, 3.8) is 0 Å². The van der Waals surface area contributed by atoms with Crippen LogP contribution in [0.25, 0.3) is 0 Å². The zero-order chi connectivity index (χ0) is 26.9. The van der Waals surface area contributed by atoms with E-state index in [1.54, 1.807) is 11.8 Å². The Hall–Kier alpha value is -3.24. The Balaban J connectivity index is 1.46. The molecule has 0 fully saturated rings. The van der Waals surface area contributed by atoms with E-state index < -0.39 is 17.7 Å². The molecule has 1 nitrogen and oxygen atoms in total. The molecule has 2 aliphatic heterocycles. The van der Waals surface area contributed by atoms with Crippen molar-refractivity contribution in [3.05, 3.63) is 132 Å². The smallest absolute Gasteiger partial charge is 0.126 e. The van der Waals surface area contributed by atoms with Crippen LogP contribution >= 0.6 is 17.8 Å². The Kier molecular flexibility index (Phi) is 5.65. The van der Waals surface area contributed by atoms with Crippen LogP contribution in [0.2, 0.25) is 0 Å². The molecule has 2 heterocycles. The van der Waals surface area contributed by atoms with Crippen LogP contribution in [-0.4, -0.2) is 0 Å². The molecular weight excluding hydrogens is 543 g/mol. The van der Waals surface area contributed by atoms with Gasteiger partial charge >= 0.3 is 0 Å². The number of para-hydroxylation sites is 2. The molecule has 0 N–H and O–H groups in total. The number of anilines is 3. The molecule has 39 heavy (non-hydrogen) atoms. The molecule has 6 heteroatoms. The molecule has 192 valence electrons. The minimum Gasteiger partial charge on any atom is -0.310 e. The minimum atomic E-state index is -2.70. The van der Waals surface area contributed by atoms with Crippen molar-refractivity contribution in [2.45, 2.75) is 29.1 Å². The first-order chi connectivity index (χ1) is 18.8. The van der Waals surface area contributed by atoms with Crippen LogP contribution in [0.4, 0.5) is 25.8 Å². The van der Waals surface area contributed by atoms with E-state index in [0.29, 0.717) is 5.30 Å². The van der Waals surface area contributed by atoms with E-state index in [1.807, 2.05) is 18.2 Å². The predicted octanol–water partition coefficient (Wildman–Crippen LogP) is 8.29. The molecule has 0 aromatic heterocycles. The summed E-state index contributed by atoms with van der Waals surface area (Å²) in [5, 5.41) is 2.48. The Bertz CT molecular complexity index is 1780. The van der Waals surface area contributed by atoms with E-state index in [-0.39, 0.29) is 5.41 Å². The average Bonchev–Trinajstić information content (AvgIpc) is 2.93. The van der Waals surface area contributed by atoms with E-state index >= 15 is 0 Å². The summed E-state index contributed by atoms with van der Waals surface area (Å²) in [6.45, 7) is 4.55. The van der Waals surface area contributed by atoms with Gasteiger partial charge in [0.15, 0.2) is 0 Å². The zero-order valence-electron chi connectivity index (χ0n) is 21.4. The van der Waals surface area contributed by atoms with Gasteiger partial charge in [-0.05, 0) is 65.0 Å². The van der Waals surface area contributed by atoms with E-state index in [0.717, 1.165) is 43.5 Å². The number of hydrogen-bond donors (Lipinski definition) is 0. The van der Waals surface area contributed by atoms with Gasteiger partial charge in [0, 0.05) is 43.6 Å². The topological polar surface area (TPSA) is 3.24 Å². The molecule has 0 spiro atoms. The number of benzene rings is 5. The molecule has 1 atom stereocenters. The molecule has 0 saturated heterocycles. The van der Waals surface area contributed by atoms with Crippen molar-refractivity contribution in [1.29, 1.82) is 0 Å². The fraction of sp³-hybridized carbons (Fsp3) is 0.0909. The van der Waals surface area contributed by atoms with Crippen LogP contribution in [0.1, 0.15) is 25.0 Å². The van der Waals surface area contributed by atoms with Crippen molar-refractivity contribution >= 4 is 62.6 Å². The van der Waals surface area contributed by atoms with Gasteiger partial charge in [0.1, 0.15) is 11.6 Å². The van der Waals surface area contributed by atoms with E-state index in [4.69, 9.17) is 11.8 Å². The van der Waals surface area contributed by atoms with Crippen LogP contribution in [0.3, 0.4) is 0 Å². The van der Waals surface area contributed by atoms with Gasteiger partial charge in [0.25, 0.3) is 0 Å². The standard InChI is InChI=1S/C33H24F2NPS2/c1-33(2)25-9-3-5-11-27(25)36(28-12-6-4-10-26(28)33)23-15-16-30-32(20-23)39-31-14-8-7-13-29(31)37(30,38)24-18-21(34)17-22(35)19-24/h3-20H,1-2H3. The maximum atomic E-state index is 14.5. The third kappa shape index (κ3) is 3.67. The Morgan fingerprint density at radius 2 is 1.23 bits per heavy atom. The Morgan fingerprint density at radius 1 is 0.667 bits per heavy atom. The highest BCUT2D eigenvalue weighted by Gasteiger charge is 2.38. The second kappa shape index (κ2) is 8.89. The highest BCUT2D eigenvalue weighted by atomic mass is 32.4. The Labute approximate surface area is 236 Å². The lowest BCUT2D eigenvalue weighted by Gasteiger charge is -2.42. The fourth-order valence-electron chi connectivity index (χ4n) is 5.98. The monoisotopic (exact) mass is 567 g/mol. The predicted molar refractivity (Wildman–Crippen MR) is 163 cm³/mol. The van der Waals surface area contributed by atoms with Gasteiger partial charge in [-0.3, -0.25) is 0 Å². The molecular formula is C33H24F2NPS2. The van der Waals surface area contributed by atoms with Crippen molar-refractivity contribution in [2.24, 2.45) is 0 Å². The normalized spacial score (nSPS) is 18.5. The second-order valence-electron chi connectivity index (χ2n) is 10.5. The number of nitrogens with zero attached hydrogens (tertiary/aromatic N) is 1. The highest BCUT2D eigenvalue weighted by molar-refractivity contribution is 8.26. The average molecular weight is 568 g/mol. The summed E-state index contributed by atoms with van der Waals surface area (Å²) >= 11 is 8.13. The van der Waals surface area contributed by atoms with Crippen molar-refractivity contribution < 1.29 is 8.78 Å². The zero-order valence-corrected chi connectivity index (χ0v) is 23.9. The quantitative estimate of drug-likeness (QED) is 0.194. The molecule has 7 rings (SSSR count).